The smallest absolute Gasteiger partial charge is 0.871 e. The summed E-state index contributed by atoms with van der Waals surface area (Å²) < 4.78 is 55.4. The number of ketones is 2. The standard InChI is InChI=1S/2C23H19ClN4O7S.Co.Na/c2*1-13(29)21(22(31)25-18-9-5-3-7-16(18)24)27-26-19-12-14(10-11-20(19)30)36(34,35)28-17-8-4-2-6-15(17)23(32)33;;/h2*2-12,25,28,30-31H,1H3,(H,32,33);;/q;;+2;+1/p-6/b2*22-21+,27-26?;;. The van der Waals surface area contributed by atoms with E-state index in [2.05, 4.69) is 40.5 Å². The Labute approximate surface area is 463 Å². The number of carboxylic acids is 2. The van der Waals surface area contributed by atoms with Crippen molar-refractivity contribution in [2.75, 3.05) is 20.1 Å². The van der Waals surface area contributed by atoms with E-state index in [0.29, 0.717) is 0 Å². The molecule has 0 atom stereocenters. The number of hydrogen-bond donors (Lipinski definition) is 4. The fourth-order valence-corrected chi connectivity index (χ4v) is 8.20. The number of benzene rings is 6. The average molecular weight is 1140 g/mol. The number of aromatic carboxylic acids is 2. The SMILES string of the molecule is CC(=O)/C(N=Nc1cc(S(=O)(=O)Nc2ccccc2C(=O)[O-])ccc1[O-])=C(\[O-])Nc1ccccc1Cl.CC(=O)/C(N=Nc1cc(S(=O)(=O)Nc2ccccc2C(=O)[O-])ccc1[O-])=C(\[O-])Nc1ccccc1Cl.[Co+2].[Na+]. The van der Waals surface area contributed by atoms with E-state index >= 15 is 0 Å². The molecule has 379 valence electrons. The molecule has 0 aromatic heterocycles. The number of sulfonamides is 2. The number of Topliss-reactive ketones (excluding diaryl/α,β-unsaturated/α-hetero) is 2. The molecule has 74 heavy (non-hydrogen) atoms. The maximum absolute atomic E-state index is 12.8. The van der Waals surface area contributed by atoms with Crippen LogP contribution in [0.25, 0.3) is 0 Å². The molecular weight excluding hydrogens is 1110 g/mol. The summed E-state index contributed by atoms with van der Waals surface area (Å²) >= 11 is 12.0. The van der Waals surface area contributed by atoms with E-state index in [0.717, 1.165) is 62.4 Å². The number of allylic oxidation sites excluding steroid dienone is 2. The van der Waals surface area contributed by atoms with Crippen LogP contribution in [0.3, 0.4) is 0 Å². The van der Waals surface area contributed by atoms with Crippen LogP contribution in [-0.4, -0.2) is 40.3 Å². The van der Waals surface area contributed by atoms with Gasteiger partial charge in [0.1, 0.15) is 11.4 Å². The molecule has 4 N–H and O–H groups in total. The summed E-state index contributed by atoms with van der Waals surface area (Å²) in [6.07, 6.45) is 0. The molecule has 22 nitrogen and oxygen atoms in total. The zero-order valence-corrected chi connectivity index (χ0v) is 44.3. The van der Waals surface area contributed by atoms with Crippen LogP contribution in [0.2, 0.25) is 10.0 Å². The molecule has 0 fully saturated rings. The molecule has 0 saturated carbocycles. The summed E-state index contributed by atoms with van der Waals surface area (Å²) in [5, 5.41) is 91.5. The molecule has 0 spiro atoms. The van der Waals surface area contributed by atoms with Gasteiger partial charge in [0, 0.05) is 25.0 Å². The largest absolute Gasteiger partial charge is 2.00 e. The first-order valence-corrected chi connectivity index (χ1v) is 23.7. The van der Waals surface area contributed by atoms with Gasteiger partial charge in [0.15, 0.2) is 11.6 Å². The Morgan fingerprint density at radius 3 is 1.11 bits per heavy atom. The Kier molecular flexibility index (Phi) is 22.3. The van der Waals surface area contributed by atoms with Gasteiger partial charge in [0.05, 0.1) is 65.9 Å². The molecule has 0 amide bonds. The van der Waals surface area contributed by atoms with Crippen molar-refractivity contribution in [3.8, 4) is 11.5 Å². The van der Waals surface area contributed by atoms with Crippen LogP contribution in [0.4, 0.5) is 34.1 Å². The molecule has 0 bridgehead atoms. The van der Waals surface area contributed by atoms with Crippen LogP contribution < -0.4 is 80.3 Å². The fourth-order valence-electron chi connectivity index (χ4n) is 5.64. The first-order chi connectivity index (χ1) is 34.0. The summed E-state index contributed by atoms with van der Waals surface area (Å²) in [5.41, 5.74) is -3.20. The van der Waals surface area contributed by atoms with Crippen molar-refractivity contribution in [2.45, 2.75) is 23.6 Å². The number of carbonyl (C=O) groups excluding carboxylic acids is 4. The first kappa shape index (κ1) is 61.0. The van der Waals surface area contributed by atoms with Crippen molar-refractivity contribution in [1.82, 2.24) is 0 Å². The van der Waals surface area contributed by atoms with E-state index in [4.69, 9.17) is 23.2 Å². The third-order valence-corrected chi connectivity index (χ3v) is 12.5. The minimum absolute atomic E-state index is 0. The van der Waals surface area contributed by atoms with Gasteiger partial charge < -0.3 is 50.9 Å². The second-order valence-corrected chi connectivity index (χ2v) is 18.4. The number of azo groups is 2. The van der Waals surface area contributed by atoms with E-state index in [-0.39, 0.29) is 79.1 Å². The van der Waals surface area contributed by atoms with E-state index in [1.165, 1.54) is 60.7 Å². The van der Waals surface area contributed by atoms with Gasteiger partial charge >= 0.3 is 46.3 Å². The van der Waals surface area contributed by atoms with E-state index in [1.54, 1.807) is 24.3 Å². The summed E-state index contributed by atoms with van der Waals surface area (Å²) in [6, 6.07) is 28.3. The number of para-hydroxylation sites is 4. The Hall–Kier alpha value is -7.33. The van der Waals surface area contributed by atoms with Crippen molar-refractivity contribution >= 4 is 101 Å². The van der Waals surface area contributed by atoms with Crippen LogP contribution in [0, 0.1) is 0 Å². The molecule has 1 radical (unpaired) electrons. The first-order valence-electron chi connectivity index (χ1n) is 20.0. The monoisotopic (exact) mass is 1140 g/mol. The molecule has 0 aliphatic rings. The molecule has 6 aromatic carbocycles. The summed E-state index contributed by atoms with van der Waals surface area (Å²) in [4.78, 5) is 45.5. The number of rotatable bonds is 18. The molecule has 0 aliphatic carbocycles. The second kappa shape index (κ2) is 27.1. The van der Waals surface area contributed by atoms with Gasteiger partial charge in [0.25, 0.3) is 20.0 Å². The maximum Gasteiger partial charge on any atom is 2.00 e. The predicted octanol–water partition coefficient (Wildman–Crippen LogP) is 0.786. The molecule has 6 rings (SSSR count). The molecule has 6 aromatic rings. The third-order valence-electron chi connectivity index (χ3n) is 9.12. The molecule has 28 heteroatoms. The second-order valence-electron chi connectivity index (χ2n) is 14.2. The molecule has 0 saturated heterocycles. The van der Waals surface area contributed by atoms with Gasteiger partial charge in [-0.25, -0.2) is 16.8 Å². The van der Waals surface area contributed by atoms with Gasteiger partial charge in [-0.2, -0.15) is 10.2 Å². The van der Waals surface area contributed by atoms with Crippen molar-refractivity contribution in [3.63, 3.8) is 0 Å². The van der Waals surface area contributed by atoms with Crippen molar-refractivity contribution in [2.24, 2.45) is 20.5 Å². The fraction of sp³-hybridized carbons (Fsp3) is 0.0435. The van der Waals surface area contributed by atoms with Gasteiger partial charge in [0.2, 0.25) is 0 Å². The zero-order chi connectivity index (χ0) is 52.9. The predicted molar refractivity (Wildman–Crippen MR) is 250 cm³/mol. The quantitative estimate of drug-likeness (QED) is 0.0400. The van der Waals surface area contributed by atoms with Crippen molar-refractivity contribution in [3.05, 3.63) is 178 Å². The summed E-state index contributed by atoms with van der Waals surface area (Å²) in [7, 11) is -8.75. The summed E-state index contributed by atoms with van der Waals surface area (Å²) in [5.74, 6) is -8.14. The molecule has 0 unspecified atom stereocenters. The Morgan fingerprint density at radius 2 is 0.797 bits per heavy atom. The van der Waals surface area contributed by atoms with Gasteiger partial charge in [-0.1, -0.05) is 107 Å². The molecule has 0 heterocycles. The average Bonchev–Trinajstić information content (AvgIpc) is 3.31. The van der Waals surface area contributed by atoms with Crippen LogP contribution >= 0.6 is 23.2 Å². The minimum Gasteiger partial charge on any atom is -0.871 e. The Balaban J connectivity index is 0.000000380. The van der Waals surface area contributed by atoms with Crippen LogP contribution in [0.5, 0.6) is 11.5 Å². The number of nitrogens with one attached hydrogen (secondary N) is 4. The Bertz CT molecular complexity index is 3250. The maximum atomic E-state index is 12.8. The number of carbonyl (C=O) groups is 4. The molecule has 0 aliphatic heterocycles. The number of carboxylic acid groups (broad SMARTS) is 2. The number of anilines is 4. The minimum atomic E-state index is -4.37. The number of hydrogen-bond acceptors (Lipinski definition) is 20. The normalized spacial score (nSPS) is 11.8. The third kappa shape index (κ3) is 16.3. The number of nitrogens with zero attached hydrogens (tertiary/aromatic N) is 4. The van der Waals surface area contributed by atoms with Gasteiger partial charge in [-0.15, -0.1) is 10.2 Å². The number of halogens is 2. The van der Waals surface area contributed by atoms with E-state index < -0.39 is 111 Å². The van der Waals surface area contributed by atoms with Crippen molar-refractivity contribution < 1.29 is 113 Å². The van der Waals surface area contributed by atoms with E-state index in [9.17, 15) is 66.7 Å². The zero-order valence-electron chi connectivity index (χ0n) is 38.1. The van der Waals surface area contributed by atoms with Crippen LogP contribution in [0.15, 0.2) is 187 Å². The molecular formula is C46H32Cl2CoN8NaO14S2-3. The van der Waals surface area contributed by atoms with Gasteiger partial charge in [-0.3, -0.25) is 19.0 Å². The summed E-state index contributed by atoms with van der Waals surface area (Å²) in [6.45, 7) is 2.11. The van der Waals surface area contributed by atoms with Crippen LogP contribution in [-0.2, 0) is 46.4 Å². The topological polar surface area (TPSA) is 372 Å². The van der Waals surface area contributed by atoms with Gasteiger partial charge in [-0.05, 0) is 72.4 Å². The van der Waals surface area contributed by atoms with Crippen LogP contribution in [0.1, 0.15) is 34.6 Å². The van der Waals surface area contributed by atoms with E-state index in [1.807, 2.05) is 0 Å². The van der Waals surface area contributed by atoms with Crippen molar-refractivity contribution in [1.29, 1.82) is 0 Å². The Morgan fingerprint density at radius 1 is 0.486 bits per heavy atom.